The van der Waals surface area contributed by atoms with Gasteiger partial charge in [-0.05, 0) is 12.5 Å². The fourth-order valence-electron chi connectivity index (χ4n) is 2.63. The van der Waals surface area contributed by atoms with Crippen LogP contribution in [0.25, 0.3) is 0 Å². The highest BCUT2D eigenvalue weighted by atomic mass is 19.3. The van der Waals surface area contributed by atoms with Gasteiger partial charge >= 0.3 is 0 Å². The zero-order valence-corrected chi connectivity index (χ0v) is 13.4. The molecule has 24 heavy (non-hydrogen) atoms. The van der Waals surface area contributed by atoms with Gasteiger partial charge in [0.15, 0.2) is 0 Å². The summed E-state index contributed by atoms with van der Waals surface area (Å²) in [6.07, 6.45) is -0.765. The van der Waals surface area contributed by atoms with Crippen LogP contribution in [0.5, 0.6) is 5.88 Å². The summed E-state index contributed by atoms with van der Waals surface area (Å²) in [4.78, 5) is 13.4. The highest BCUT2D eigenvalue weighted by molar-refractivity contribution is 5.77. The van der Waals surface area contributed by atoms with Crippen molar-refractivity contribution in [1.29, 1.82) is 0 Å². The number of hydrogen-bond acceptors (Lipinski definition) is 3. The van der Waals surface area contributed by atoms with Crippen LogP contribution in [0.15, 0.2) is 36.4 Å². The van der Waals surface area contributed by atoms with E-state index in [4.69, 9.17) is 4.74 Å². The Morgan fingerprint density at radius 2 is 2.04 bits per heavy atom. The summed E-state index contributed by atoms with van der Waals surface area (Å²) < 4.78 is 33.4. The lowest BCUT2D eigenvalue weighted by Gasteiger charge is -2.28. The topological polar surface area (TPSA) is 47.4 Å². The third-order valence-corrected chi connectivity index (χ3v) is 3.82. The molecule has 1 aromatic heterocycles. The van der Waals surface area contributed by atoms with Crippen molar-refractivity contribution >= 4 is 5.91 Å². The van der Waals surface area contributed by atoms with Crippen LogP contribution in [0.2, 0.25) is 0 Å². The van der Waals surface area contributed by atoms with Gasteiger partial charge in [0.2, 0.25) is 11.8 Å². The first-order valence-electron chi connectivity index (χ1n) is 7.80. The number of ether oxygens (including phenoxy) is 1. The molecule has 0 atom stereocenters. The molecule has 0 bridgehead atoms. The minimum Gasteiger partial charge on any atom is -0.472 e. The molecule has 2 aromatic rings. The number of carbonyl (C=O) groups is 1. The molecule has 0 N–H and O–H groups in total. The van der Waals surface area contributed by atoms with Crippen molar-refractivity contribution in [2.45, 2.75) is 39.0 Å². The first-order chi connectivity index (χ1) is 11.4. The van der Waals surface area contributed by atoms with E-state index in [1.165, 1.54) is 4.90 Å². The van der Waals surface area contributed by atoms with E-state index in [0.717, 1.165) is 18.2 Å². The summed E-state index contributed by atoms with van der Waals surface area (Å²) >= 11 is 0. The molecule has 128 valence electrons. The Hall–Kier alpha value is -2.44. The SMILES string of the molecule is CC(F)(F)CC(=O)N1CCn2nc(OCc3ccccc3)cc2C1. The van der Waals surface area contributed by atoms with Crippen molar-refractivity contribution in [3.63, 3.8) is 0 Å². The fourth-order valence-corrected chi connectivity index (χ4v) is 2.63. The third-order valence-electron chi connectivity index (χ3n) is 3.82. The zero-order chi connectivity index (χ0) is 17.2. The molecule has 3 rings (SSSR count). The van der Waals surface area contributed by atoms with E-state index in [0.29, 0.717) is 25.6 Å². The Kier molecular flexibility index (Phi) is 4.51. The van der Waals surface area contributed by atoms with Crippen LogP contribution < -0.4 is 4.74 Å². The average molecular weight is 335 g/mol. The van der Waals surface area contributed by atoms with Crippen LogP contribution in [0.4, 0.5) is 8.78 Å². The first kappa shape index (κ1) is 16.4. The predicted molar refractivity (Wildman–Crippen MR) is 83.7 cm³/mol. The number of alkyl halides is 2. The smallest absolute Gasteiger partial charge is 0.254 e. The van der Waals surface area contributed by atoms with Crippen LogP contribution in [-0.2, 0) is 24.5 Å². The second kappa shape index (κ2) is 6.59. The molecule has 0 saturated carbocycles. The van der Waals surface area contributed by atoms with Gasteiger partial charge < -0.3 is 9.64 Å². The second-order valence-electron chi connectivity index (χ2n) is 6.03. The summed E-state index contributed by atoms with van der Waals surface area (Å²) in [5.74, 6) is -3.05. The van der Waals surface area contributed by atoms with Gasteiger partial charge in [0.25, 0.3) is 5.92 Å². The Balaban J connectivity index is 1.61. The standard InChI is InChI=1S/C17H19F2N3O2/c1-17(18,19)10-16(23)21-7-8-22-14(11-21)9-15(20-22)24-12-13-5-3-2-4-6-13/h2-6,9H,7-8,10-12H2,1H3. The molecular weight excluding hydrogens is 316 g/mol. The van der Waals surface area contributed by atoms with Crippen LogP contribution >= 0.6 is 0 Å². The minimum absolute atomic E-state index is 0.274. The molecule has 0 aliphatic carbocycles. The summed E-state index contributed by atoms with van der Waals surface area (Å²) in [6, 6.07) is 11.5. The maximum Gasteiger partial charge on any atom is 0.254 e. The van der Waals surface area contributed by atoms with E-state index in [9.17, 15) is 13.6 Å². The van der Waals surface area contributed by atoms with Crippen LogP contribution in [0, 0.1) is 0 Å². The van der Waals surface area contributed by atoms with Gasteiger partial charge in [-0.25, -0.2) is 8.78 Å². The summed E-state index contributed by atoms with van der Waals surface area (Å²) in [5.41, 5.74) is 1.82. The molecule has 1 aliphatic rings. The summed E-state index contributed by atoms with van der Waals surface area (Å²) in [7, 11) is 0. The molecule has 0 saturated heterocycles. The molecule has 5 nitrogen and oxygen atoms in total. The van der Waals surface area contributed by atoms with E-state index in [1.54, 1.807) is 10.7 Å². The van der Waals surface area contributed by atoms with E-state index in [1.807, 2.05) is 30.3 Å². The maximum atomic E-state index is 13.0. The van der Waals surface area contributed by atoms with E-state index >= 15 is 0 Å². The zero-order valence-electron chi connectivity index (χ0n) is 13.4. The van der Waals surface area contributed by atoms with Crippen molar-refractivity contribution < 1.29 is 18.3 Å². The van der Waals surface area contributed by atoms with Crippen molar-refractivity contribution in [2.75, 3.05) is 6.54 Å². The number of halogens is 2. The maximum absolute atomic E-state index is 13.0. The highest BCUT2D eigenvalue weighted by Gasteiger charge is 2.30. The van der Waals surface area contributed by atoms with Gasteiger partial charge in [-0.2, -0.15) is 0 Å². The number of benzene rings is 1. The first-order valence-corrected chi connectivity index (χ1v) is 7.80. The third kappa shape index (κ3) is 4.10. The Morgan fingerprint density at radius 3 is 2.75 bits per heavy atom. The summed E-state index contributed by atoms with van der Waals surface area (Å²) in [5, 5.41) is 4.34. The number of aromatic nitrogens is 2. The number of rotatable bonds is 5. The number of carbonyl (C=O) groups excluding carboxylic acids is 1. The van der Waals surface area contributed by atoms with Crippen LogP contribution in [-0.4, -0.2) is 33.1 Å². The molecule has 0 spiro atoms. The van der Waals surface area contributed by atoms with Gasteiger partial charge in [0.1, 0.15) is 6.61 Å². The second-order valence-corrected chi connectivity index (χ2v) is 6.03. The lowest BCUT2D eigenvalue weighted by molar-refractivity contribution is -0.139. The molecule has 1 aromatic carbocycles. The number of hydrogen-bond donors (Lipinski definition) is 0. The van der Waals surface area contributed by atoms with E-state index in [2.05, 4.69) is 5.10 Å². The fraction of sp³-hybridized carbons (Fsp3) is 0.412. The Labute approximate surface area is 138 Å². The lowest BCUT2D eigenvalue weighted by atomic mass is 10.2. The van der Waals surface area contributed by atoms with Crippen molar-refractivity contribution in [1.82, 2.24) is 14.7 Å². The predicted octanol–water partition coefficient (Wildman–Crippen LogP) is 2.85. The molecule has 1 aliphatic heterocycles. The van der Waals surface area contributed by atoms with Crippen molar-refractivity contribution in [2.24, 2.45) is 0 Å². The Morgan fingerprint density at radius 1 is 1.29 bits per heavy atom. The summed E-state index contributed by atoms with van der Waals surface area (Å²) in [6.45, 7) is 2.29. The molecule has 1 amide bonds. The molecule has 2 heterocycles. The number of amides is 1. The van der Waals surface area contributed by atoms with Gasteiger partial charge in [-0.3, -0.25) is 9.48 Å². The van der Waals surface area contributed by atoms with Crippen molar-refractivity contribution in [3.05, 3.63) is 47.7 Å². The Bertz CT molecular complexity index is 710. The average Bonchev–Trinajstić information content (AvgIpc) is 2.94. The van der Waals surface area contributed by atoms with Gasteiger partial charge in [0.05, 0.1) is 25.2 Å². The van der Waals surface area contributed by atoms with Gasteiger partial charge in [-0.1, -0.05) is 30.3 Å². The van der Waals surface area contributed by atoms with Gasteiger partial charge in [0, 0.05) is 12.6 Å². The number of nitrogens with zero attached hydrogens (tertiary/aromatic N) is 3. The van der Waals surface area contributed by atoms with E-state index < -0.39 is 18.3 Å². The number of fused-ring (bicyclic) bond motifs is 1. The molecule has 0 fully saturated rings. The minimum atomic E-state index is -2.99. The largest absolute Gasteiger partial charge is 0.472 e. The monoisotopic (exact) mass is 335 g/mol. The molecule has 7 heteroatoms. The van der Waals surface area contributed by atoms with Gasteiger partial charge in [-0.15, -0.1) is 5.10 Å². The molecular formula is C17H19F2N3O2. The lowest BCUT2D eigenvalue weighted by Crippen LogP contribution is -2.40. The van der Waals surface area contributed by atoms with Crippen LogP contribution in [0.3, 0.4) is 0 Å². The van der Waals surface area contributed by atoms with Crippen molar-refractivity contribution in [3.8, 4) is 5.88 Å². The normalized spacial score (nSPS) is 14.4. The molecule has 0 radical (unpaired) electrons. The van der Waals surface area contributed by atoms with E-state index in [-0.39, 0.29) is 6.54 Å². The molecule has 0 unspecified atom stereocenters. The quantitative estimate of drug-likeness (QED) is 0.844. The highest BCUT2D eigenvalue weighted by Crippen LogP contribution is 2.22. The van der Waals surface area contributed by atoms with Crippen LogP contribution in [0.1, 0.15) is 24.6 Å².